The summed E-state index contributed by atoms with van der Waals surface area (Å²) in [5.74, 6) is 0.0421. The number of aliphatic hydroxyl groups is 1. The molecule has 2 N–H and O–H groups in total. The van der Waals surface area contributed by atoms with Gasteiger partial charge >= 0.3 is 5.97 Å². The molecule has 0 saturated heterocycles. The number of Topliss-reactive ketones (excluding diaryl/α,β-unsaturated/α-hetero) is 1. The monoisotopic (exact) mass is 535 g/mol. The number of hydrogen-bond donors (Lipinski definition) is 2. The molecule has 0 aliphatic heterocycles. The molecule has 4 aliphatic carbocycles. The van der Waals surface area contributed by atoms with Crippen molar-refractivity contribution in [3.63, 3.8) is 0 Å². The number of carbonyl (C=O) groups is 3. The number of carbonyl (C=O) groups excluding carboxylic acids is 3. The van der Waals surface area contributed by atoms with Crippen molar-refractivity contribution in [2.24, 2.45) is 34.0 Å². The number of ether oxygens (including phenoxy) is 1. The van der Waals surface area contributed by atoms with Crippen LogP contribution in [0.1, 0.15) is 85.5 Å². The Morgan fingerprint density at radius 1 is 1.24 bits per heavy atom. The molecule has 4 fully saturated rings. The maximum Gasteiger partial charge on any atom is 0.316 e. The van der Waals surface area contributed by atoms with Crippen LogP contribution in [0.15, 0.2) is 12.7 Å². The van der Waals surface area contributed by atoms with Crippen molar-refractivity contribution in [1.29, 1.82) is 0 Å². The molecule has 0 aromatic heterocycles. The minimum atomic E-state index is -0.676. The Labute approximate surface area is 225 Å². The molecule has 4 aliphatic rings. The molecule has 10 atom stereocenters. The third kappa shape index (κ3) is 4.80. The molecule has 4 saturated carbocycles. The van der Waals surface area contributed by atoms with E-state index in [0.29, 0.717) is 25.7 Å². The highest BCUT2D eigenvalue weighted by molar-refractivity contribution is 8.00. The van der Waals surface area contributed by atoms with Crippen LogP contribution in [0.2, 0.25) is 0 Å². The lowest BCUT2D eigenvalue weighted by molar-refractivity contribution is -0.205. The minimum absolute atomic E-state index is 0.0531. The van der Waals surface area contributed by atoms with Gasteiger partial charge in [-0.05, 0) is 62.2 Å². The molecular formula is C29H45NO6S. The first-order chi connectivity index (χ1) is 17.4. The summed E-state index contributed by atoms with van der Waals surface area (Å²) in [6, 6.07) is -0.217. The van der Waals surface area contributed by atoms with Crippen LogP contribution >= 0.6 is 11.8 Å². The fraction of sp³-hybridized carbons (Fsp3) is 0.828. The smallest absolute Gasteiger partial charge is 0.316 e. The largest absolute Gasteiger partial charge is 0.461 e. The van der Waals surface area contributed by atoms with Crippen molar-refractivity contribution >= 4 is 29.9 Å². The van der Waals surface area contributed by atoms with E-state index in [-0.39, 0.29) is 52.0 Å². The lowest BCUT2D eigenvalue weighted by Crippen LogP contribution is -2.63. The second-order valence-electron chi connectivity index (χ2n) is 12.8. The highest BCUT2D eigenvalue weighted by Crippen LogP contribution is 2.68. The van der Waals surface area contributed by atoms with Crippen LogP contribution in [0.25, 0.3) is 0 Å². The Morgan fingerprint density at radius 2 is 1.97 bits per heavy atom. The average Bonchev–Trinajstić information content (AvgIpc) is 3.25. The number of hydroxylamine groups is 2. The fourth-order valence-electron chi connectivity index (χ4n) is 8.48. The summed E-state index contributed by atoms with van der Waals surface area (Å²) in [4.78, 5) is 37.8. The molecule has 0 aromatic rings. The highest BCUT2D eigenvalue weighted by atomic mass is 32.2. The van der Waals surface area contributed by atoms with Gasteiger partial charge in [-0.1, -0.05) is 40.2 Å². The molecule has 37 heavy (non-hydrogen) atoms. The first-order valence-corrected chi connectivity index (χ1v) is 15.1. The normalized spacial score (nSPS) is 45.8. The van der Waals surface area contributed by atoms with Crippen LogP contribution in [0.5, 0.6) is 0 Å². The summed E-state index contributed by atoms with van der Waals surface area (Å²) in [7, 11) is 0. The zero-order chi connectivity index (χ0) is 27.2. The molecule has 208 valence electrons. The van der Waals surface area contributed by atoms with E-state index in [9.17, 15) is 24.7 Å². The predicted molar refractivity (Wildman–Crippen MR) is 143 cm³/mol. The second kappa shape index (κ2) is 10.6. The molecule has 0 heterocycles. The van der Waals surface area contributed by atoms with Crippen LogP contribution in [-0.4, -0.2) is 62.8 Å². The van der Waals surface area contributed by atoms with Gasteiger partial charge in [-0.3, -0.25) is 19.6 Å². The van der Waals surface area contributed by atoms with Gasteiger partial charge in [0.25, 0.3) is 0 Å². The summed E-state index contributed by atoms with van der Waals surface area (Å²) in [6.45, 7) is 12.5. The maximum atomic E-state index is 13.5. The van der Waals surface area contributed by atoms with Gasteiger partial charge in [0.05, 0.1) is 17.9 Å². The minimum Gasteiger partial charge on any atom is -0.461 e. The Balaban J connectivity index is 1.57. The molecule has 0 aromatic carbocycles. The van der Waals surface area contributed by atoms with Crippen molar-refractivity contribution in [3.8, 4) is 0 Å². The molecule has 4 rings (SSSR count). The number of esters is 1. The zero-order valence-corrected chi connectivity index (χ0v) is 23.7. The van der Waals surface area contributed by atoms with Gasteiger partial charge in [-0.2, -0.15) is 0 Å². The first-order valence-electron chi connectivity index (χ1n) is 14.0. The second-order valence-corrected chi connectivity index (χ2v) is 14.1. The average molecular weight is 536 g/mol. The standard InChI is InChI=1S/C29H45NO6S/c1-6-27(4)15-23(36-24(33)16-37-21-9-7-8-20(14-21)30(35)17-31)28(5)18(2)10-12-29(19(3)26(27)34)13-11-22(32)25(28)29/h6,17-21,23,25-26,34-35H,1,7-16H2,2-5H3/t18-,19-,20?,21?,23+,25-,26?,27+,28+,29?/m0/s1. The van der Waals surface area contributed by atoms with Crippen molar-refractivity contribution in [2.45, 2.75) is 109 Å². The Kier molecular flexibility index (Phi) is 8.24. The van der Waals surface area contributed by atoms with Gasteiger partial charge in [0.1, 0.15) is 11.9 Å². The van der Waals surface area contributed by atoms with Crippen LogP contribution in [0.3, 0.4) is 0 Å². The zero-order valence-electron chi connectivity index (χ0n) is 22.9. The molecule has 4 unspecified atom stereocenters. The van der Waals surface area contributed by atoms with Crippen molar-refractivity contribution in [3.05, 3.63) is 12.7 Å². The molecular weight excluding hydrogens is 490 g/mol. The SMILES string of the molecule is C=C[C@]1(C)C[C@@H](OC(=O)CSC2CCCC(N(O)C=O)C2)[C@]2(C)[C@@H]3C(=O)CCC3(CC[C@@H]2C)[C@@H](C)C1O. The summed E-state index contributed by atoms with van der Waals surface area (Å²) in [5, 5.41) is 22.3. The van der Waals surface area contributed by atoms with Crippen LogP contribution in [-0.2, 0) is 19.1 Å². The number of rotatable bonds is 7. The first kappa shape index (κ1) is 28.6. The van der Waals surface area contributed by atoms with E-state index in [1.165, 1.54) is 11.8 Å². The Hall–Kier alpha value is -1.38. The summed E-state index contributed by atoms with van der Waals surface area (Å²) in [6.07, 6.45) is 7.90. The van der Waals surface area contributed by atoms with E-state index >= 15 is 0 Å². The highest BCUT2D eigenvalue weighted by Gasteiger charge is 2.68. The molecule has 1 amide bonds. The van der Waals surface area contributed by atoms with Gasteiger partial charge in [-0.25, -0.2) is 5.06 Å². The van der Waals surface area contributed by atoms with Gasteiger partial charge in [0, 0.05) is 28.4 Å². The quantitative estimate of drug-likeness (QED) is 0.159. The van der Waals surface area contributed by atoms with E-state index in [1.807, 2.05) is 13.0 Å². The molecule has 8 heteroatoms. The number of hydrogen-bond acceptors (Lipinski definition) is 7. The van der Waals surface area contributed by atoms with Gasteiger partial charge < -0.3 is 9.84 Å². The lowest BCUT2D eigenvalue weighted by Gasteiger charge is -2.61. The van der Waals surface area contributed by atoms with E-state index in [0.717, 1.165) is 43.6 Å². The van der Waals surface area contributed by atoms with Crippen LogP contribution in [0, 0.1) is 34.0 Å². The van der Waals surface area contributed by atoms with E-state index in [4.69, 9.17) is 4.74 Å². The summed E-state index contributed by atoms with van der Waals surface area (Å²) in [5.41, 5.74) is -1.44. The molecule has 0 spiro atoms. The van der Waals surface area contributed by atoms with Crippen LogP contribution in [0.4, 0.5) is 0 Å². The van der Waals surface area contributed by atoms with Crippen molar-refractivity contribution < 1.29 is 29.4 Å². The summed E-state index contributed by atoms with van der Waals surface area (Å²) >= 11 is 1.52. The maximum absolute atomic E-state index is 13.5. The summed E-state index contributed by atoms with van der Waals surface area (Å²) < 4.78 is 6.32. The van der Waals surface area contributed by atoms with Crippen molar-refractivity contribution in [2.75, 3.05) is 5.75 Å². The lowest BCUT2D eigenvalue weighted by atomic mass is 9.44. The fourth-order valence-corrected chi connectivity index (χ4v) is 9.61. The van der Waals surface area contributed by atoms with Gasteiger partial charge in [0.15, 0.2) is 0 Å². The molecule has 2 bridgehead atoms. The number of aliphatic hydroxyl groups excluding tert-OH is 1. The number of nitrogens with zero attached hydrogens (tertiary/aromatic N) is 1. The van der Waals surface area contributed by atoms with Gasteiger partial charge in [0.2, 0.25) is 6.41 Å². The number of amides is 1. The molecule has 7 nitrogen and oxygen atoms in total. The predicted octanol–water partition coefficient (Wildman–Crippen LogP) is 4.78. The van der Waals surface area contributed by atoms with E-state index < -0.39 is 23.0 Å². The number of thioether (sulfide) groups is 1. The number of ketones is 1. The Morgan fingerprint density at radius 3 is 2.65 bits per heavy atom. The third-order valence-electron chi connectivity index (χ3n) is 11.1. The third-order valence-corrected chi connectivity index (χ3v) is 12.4. The topological polar surface area (TPSA) is 104 Å². The van der Waals surface area contributed by atoms with Crippen LogP contribution < -0.4 is 0 Å². The van der Waals surface area contributed by atoms with E-state index in [2.05, 4.69) is 27.4 Å². The van der Waals surface area contributed by atoms with Gasteiger partial charge in [-0.15, -0.1) is 18.3 Å². The molecule has 0 radical (unpaired) electrons. The van der Waals surface area contributed by atoms with Crippen molar-refractivity contribution in [1.82, 2.24) is 5.06 Å². The van der Waals surface area contributed by atoms with E-state index in [1.54, 1.807) is 0 Å². The Bertz CT molecular complexity index is 913.